The van der Waals surface area contributed by atoms with Crippen molar-refractivity contribution in [3.05, 3.63) is 11.8 Å². The van der Waals surface area contributed by atoms with Gasteiger partial charge in [0.2, 0.25) is 0 Å². The highest BCUT2D eigenvalue weighted by Gasteiger charge is 2.58. The number of aliphatic hydroxyl groups is 1. The molecule has 4 fully saturated rings. The number of nitriles is 1. The van der Waals surface area contributed by atoms with Crippen molar-refractivity contribution in [1.82, 2.24) is 9.78 Å². The van der Waals surface area contributed by atoms with Crippen LogP contribution in [0.3, 0.4) is 0 Å². The van der Waals surface area contributed by atoms with Crippen molar-refractivity contribution >= 4 is 5.82 Å². The van der Waals surface area contributed by atoms with Crippen molar-refractivity contribution in [3.8, 4) is 6.07 Å². The summed E-state index contributed by atoms with van der Waals surface area (Å²) in [4.78, 5) is 0. The Bertz CT molecular complexity index is 854. The van der Waals surface area contributed by atoms with Gasteiger partial charge in [-0.2, -0.15) is 10.4 Å². The van der Waals surface area contributed by atoms with Crippen molar-refractivity contribution in [1.29, 1.82) is 5.26 Å². The van der Waals surface area contributed by atoms with Gasteiger partial charge in [-0.05, 0) is 113 Å². The van der Waals surface area contributed by atoms with Gasteiger partial charge >= 0.3 is 0 Å². The van der Waals surface area contributed by atoms with E-state index in [2.05, 4.69) is 31.9 Å². The summed E-state index contributed by atoms with van der Waals surface area (Å²) < 4.78 is 1.92. The van der Waals surface area contributed by atoms with Crippen LogP contribution in [0.5, 0.6) is 0 Å². The molecular formula is C25H38N4O. The minimum atomic E-state index is -0.433. The minimum Gasteiger partial charge on any atom is -0.390 e. The van der Waals surface area contributed by atoms with E-state index in [4.69, 9.17) is 5.73 Å². The van der Waals surface area contributed by atoms with Gasteiger partial charge in [0.15, 0.2) is 0 Å². The zero-order chi connectivity index (χ0) is 21.3. The quantitative estimate of drug-likeness (QED) is 0.724. The summed E-state index contributed by atoms with van der Waals surface area (Å²) in [6.45, 7) is 6.86. The molecule has 1 aromatic heterocycles. The van der Waals surface area contributed by atoms with Crippen LogP contribution in [-0.4, -0.2) is 20.5 Å². The molecule has 4 aliphatic carbocycles. The van der Waals surface area contributed by atoms with Gasteiger partial charge in [-0.3, -0.25) is 0 Å². The Kier molecular flexibility index (Phi) is 4.74. The van der Waals surface area contributed by atoms with Crippen LogP contribution >= 0.6 is 0 Å². The van der Waals surface area contributed by atoms with Crippen LogP contribution in [0.1, 0.15) is 90.2 Å². The van der Waals surface area contributed by atoms with E-state index in [0.717, 1.165) is 42.4 Å². The molecule has 5 nitrogen and oxygen atoms in total. The van der Waals surface area contributed by atoms with E-state index in [1.165, 1.54) is 44.9 Å². The Morgan fingerprint density at radius 2 is 1.90 bits per heavy atom. The lowest BCUT2D eigenvalue weighted by molar-refractivity contribution is -0.102. The molecule has 4 saturated carbocycles. The zero-order valence-corrected chi connectivity index (χ0v) is 18.8. The molecule has 164 valence electrons. The molecule has 0 radical (unpaired) electrons. The molecule has 30 heavy (non-hydrogen) atoms. The second-order valence-corrected chi connectivity index (χ2v) is 11.6. The largest absolute Gasteiger partial charge is 0.390 e. The highest BCUT2D eigenvalue weighted by Crippen LogP contribution is 2.66. The predicted molar refractivity (Wildman–Crippen MR) is 117 cm³/mol. The maximum Gasteiger partial charge on any atom is 0.140 e. The molecular weight excluding hydrogens is 372 g/mol. The Labute approximate surface area is 181 Å². The summed E-state index contributed by atoms with van der Waals surface area (Å²) in [7, 11) is 0. The molecule has 1 aromatic rings. The highest BCUT2D eigenvalue weighted by atomic mass is 16.3. The summed E-state index contributed by atoms with van der Waals surface area (Å²) in [5, 5.41) is 24.4. The van der Waals surface area contributed by atoms with Crippen LogP contribution in [0.15, 0.2) is 6.20 Å². The van der Waals surface area contributed by atoms with Crippen molar-refractivity contribution < 1.29 is 5.11 Å². The molecule has 0 saturated heterocycles. The van der Waals surface area contributed by atoms with E-state index in [0.29, 0.717) is 22.7 Å². The number of hydrogen-bond acceptors (Lipinski definition) is 4. The van der Waals surface area contributed by atoms with Crippen molar-refractivity contribution in [2.24, 2.45) is 40.9 Å². The molecule has 4 aliphatic rings. The topological polar surface area (TPSA) is 87.9 Å². The lowest BCUT2D eigenvalue weighted by Crippen LogP contribution is -2.51. The number of nitrogens with zero attached hydrogens (tertiary/aromatic N) is 3. The number of aromatic nitrogens is 2. The van der Waals surface area contributed by atoms with Gasteiger partial charge in [0, 0.05) is 0 Å². The first-order chi connectivity index (χ1) is 14.2. The fourth-order valence-electron chi connectivity index (χ4n) is 8.87. The SMILES string of the molecule is C[C@@H](C1CC[C@H]2[C@@H]3CC[C@@H]4C[C@](C)(O)CC[C@@H]4[C@H]3CC[C@]12C)n1ncc(C#N)c1N. The van der Waals surface area contributed by atoms with Gasteiger partial charge in [-0.1, -0.05) is 6.92 Å². The fourth-order valence-corrected chi connectivity index (χ4v) is 8.87. The van der Waals surface area contributed by atoms with E-state index >= 15 is 0 Å². The molecule has 0 aliphatic heterocycles. The fraction of sp³-hybridized carbons (Fsp3) is 0.840. The van der Waals surface area contributed by atoms with Gasteiger partial charge in [-0.25, -0.2) is 4.68 Å². The molecule has 0 aromatic carbocycles. The number of nitrogen functional groups attached to an aromatic ring is 1. The zero-order valence-electron chi connectivity index (χ0n) is 18.8. The van der Waals surface area contributed by atoms with Gasteiger partial charge in [0.05, 0.1) is 17.8 Å². The number of hydrogen-bond donors (Lipinski definition) is 2. The van der Waals surface area contributed by atoms with E-state index in [1.54, 1.807) is 6.20 Å². The molecule has 9 atom stereocenters. The van der Waals surface area contributed by atoms with Crippen LogP contribution in [0, 0.1) is 52.3 Å². The average molecular weight is 411 g/mol. The monoisotopic (exact) mass is 410 g/mol. The standard InChI is InChI=1S/C25H38N4O/c1-15(29-23(27)17(13-26)14-28-29)21-6-7-22-20-5-4-16-12-24(2,30)10-8-18(16)19(20)9-11-25(21,22)3/h14-16,18-22,30H,4-12,27H2,1-3H3/t15-,16+,18-,19+,20+,21?,22-,24+,25+/m0/s1. The number of rotatable bonds is 2. The van der Waals surface area contributed by atoms with Crippen LogP contribution in [0.25, 0.3) is 0 Å². The van der Waals surface area contributed by atoms with Crippen molar-refractivity contribution in [3.63, 3.8) is 0 Å². The lowest BCUT2D eigenvalue weighted by atomic mass is 9.49. The molecule has 0 amide bonds. The molecule has 0 bridgehead atoms. The third-order valence-corrected chi connectivity index (χ3v) is 10.2. The van der Waals surface area contributed by atoms with Crippen LogP contribution in [0.2, 0.25) is 0 Å². The summed E-state index contributed by atoms with van der Waals surface area (Å²) in [6.07, 6.45) is 12.7. The first-order valence-electron chi connectivity index (χ1n) is 12.2. The Morgan fingerprint density at radius 1 is 1.13 bits per heavy atom. The maximum atomic E-state index is 10.6. The summed E-state index contributed by atoms with van der Waals surface area (Å²) >= 11 is 0. The Hall–Kier alpha value is -1.54. The second-order valence-electron chi connectivity index (χ2n) is 11.6. The number of nitrogens with two attached hydrogens (primary N) is 1. The molecule has 5 heteroatoms. The molecule has 1 unspecified atom stereocenters. The Balaban J connectivity index is 1.37. The third kappa shape index (κ3) is 2.93. The van der Waals surface area contributed by atoms with Crippen LogP contribution in [0.4, 0.5) is 5.82 Å². The second kappa shape index (κ2) is 6.99. The highest BCUT2D eigenvalue weighted by molar-refractivity contribution is 5.47. The predicted octanol–water partition coefficient (Wildman–Crippen LogP) is 4.92. The average Bonchev–Trinajstić information content (AvgIpc) is 3.25. The Morgan fingerprint density at radius 3 is 2.63 bits per heavy atom. The van der Waals surface area contributed by atoms with Crippen molar-refractivity contribution in [2.75, 3.05) is 5.73 Å². The summed E-state index contributed by atoms with van der Waals surface area (Å²) in [6, 6.07) is 2.41. The maximum absolute atomic E-state index is 10.6. The van der Waals surface area contributed by atoms with Crippen LogP contribution in [-0.2, 0) is 0 Å². The summed E-state index contributed by atoms with van der Waals surface area (Å²) in [5.41, 5.74) is 6.66. The molecule has 1 heterocycles. The van der Waals surface area contributed by atoms with Gasteiger partial charge in [-0.15, -0.1) is 0 Å². The van der Waals surface area contributed by atoms with Crippen LogP contribution < -0.4 is 5.73 Å². The first-order valence-corrected chi connectivity index (χ1v) is 12.2. The molecule has 3 N–H and O–H groups in total. The number of anilines is 1. The van der Waals surface area contributed by atoms with E-state index in [9.17, 15) is 10.4 Å². The molecule has 5 rings (SSSR count). The minimum absolute atomic E-state index is 0.236. The first kappa shape index (κ1) is 20.4. The van der Waals surface area contributed by atoms with Gasteiger partial charge < -0.3 is 10.8 Å². The smallest absolute Gasteiger partial charge is 0.140 e. The van der Waals surface area contributed by atoms with E-state index in [1.807, 2.05) is 4.68 Å². The number of fused-ring (bicyclic) bond motifs is 5. The summed E-state index contributed by atoms with van der Waals surface area (Å²) in [5.74, 6) is 5.21. The lowest BCUT2D eigenvalue weighted by Gasteiger charge is -2.57. The van der Waals surface area contributed by atoms with E-state index < -0.39 is 5.60 Å². The normalized spacial score (nSPS) is 46.4. The molecule has 0 spiro atoms. The van der Waals surface area contributed by atoms with E-state index in [-0.39, 0.29) is 6.04 Å². The third-order valence-electron chi connectivity index (χ3n) is 10.2. The van der Waals surface area contributed by atoms with Gasteiger partial charge in [0.1, 0.15) is 17.5 Å². The van der Waals surface area contributed by atoms with Gasteiger partial charge in [0.25, 0.3) is 0 Å². The van der Waals surface area contributed by atoms with Crippen molar-refractivity contribution in [2.45, 2.75) is 90.2 Å².